The van der Waals surface area contributed by atoms with Crippen LogP contribution in [0.5, 0.6) is 0 Å². The van der Waals surface area contributed by atoms with Crippen LogP contribution < -0.4 is 5.32 Å². The average Bonchev–Trinajstić information content (AvgIpc) is 3.14. The average molecular weight is 288 g/mol. The summed E-state index contributed by atoms with van der Waals surface area (Å²) in [5.74, 6) is -0.241. The number of nitrogens with one attached hydrogen (secondary N) is 1. The number of carbonyl (C=O) groups excluding carboxylic acids is 2. The van der Waals surface area contributed by atoms with Crippen molar-refractivity contribution in [2.75, 3.05) is 6.54 Å². The number of hydrogen-bond donors (Lipinski definition) is 1. The zero-order chi connectivity index (χ0) is 14.9. The number of rotatable bonds is 5. The predicted molar refractivity (Wildman–Crippen MR) is 73.1 cm³/mol. The lowest BCUT2D eigenvalue weighted by Gasteiger charge is -2.21. The van der Waals surface area contributed by atoms with Gasteiger partial charge < -0.3 is 5.32 Å². The molecule has 0 spiro atoms. The highest BCUT2D eigenvalue weighted by molar-refractivity contribution is 6.06. The lowest BCUT2D eigenvalue weighted by atomic mass is 10.0. The van der Waals surface area contributed by atoms with Gasteiger partial charge in [-0.25, -0.2) is 4.79 Å². The van der Waals surface area contributed by atoms with E-state index in [1.165, 1.54) is 4.90 Å². The lowest BCUT2D eigenvalue weighted by Crippen LogP contribution is -2.47. The van der Waals surface area contributed by atoms with Gasteiger partial charge in [0.15, 0.2) is 0 Å². The number of carbonyl (C=O) groups is 2. The zero-order valence-corrected chi connectivity index (χ0v) is 11.6. The van der Waals surface area contributed by atoms with Crippen molar-refractivity contribution < 1.29 is 9.59 Å². The molecule has 1 aliphatic rings. The number of nitrogens with zero attached hydrogens (tertiary/aromatic N) is 5. The molecule has 110 valence electrons. The van der Waals surface area contributed by atoms with E-state index in [2.05, 4.69) is 15.5 Å². The van der Waals surface area contributed by atoms with Crippen LogP contribution in [0.15, 0.2) is 36.9 Å². The van der Waals surface area contributed by atoms with Gasteiger partial charge in [0.25, 0.3) is 5.91 Å². The first-order valence-corrected chi connectivity index (χ1v) is 6.67. The molecule has 3 heterocycles. The van der Waals surface area contributed by atoms with Crippen molar-refractivity contribution in [2.45, 2.75) is 25.6 Å². The van der Waals surface area contributed by atoms with Crippen molar-refractivity contribution >= 4 is 11.9 Å². The number of amides is 3. The fourth-order valence-electron chi connectivity index (χ4n) is 2.41. The molecule has 1 saturated heterocycles. The largest absolute Gasteiger partial charge is 0.325 e. The maximum Gasteiger partial charge on any atom is 0.325 e. The van der Waals surface area contributed by atoms with Gasteiger partial charge in [-0.15, -0.1) is 0 Å². The Morgan fingerprint density at radius 1 is 1.10 bits per heavy atom. The summed E-state index contributed by atoms with van der Waals surface area (Å²) in [7, 11) is 0. The third-order valence-corrected chi connectivity index (χ3v) is 3.49. The molecule has 21 heavy (non-hydrogen) atoms. The van der Waals surface area contributed by atoms with Crippen molar-refractivity contribution in [3.63, 3.8) is 0 Å². The Labute approximate surface area is 121 Å². The molecule has 2 aromatic rings. The summed E-state index contributed by atoms with van der Waals surface area (Å²) >= 11 is 0. The first-order chi connectivity index (χ1) is 10.1. The molecule has 3 rings (SSSR count). The standard InChI is InChI=1S/C13H16N6O2/c1-13(10-18-7-3-5-15-18)11(20)19(12(21)16-13)9-8-17-6-2-4-14-17/h2-7H,8-10H2,1H3,(H,16,21). The lowest BCUT2D eigenvalue weighted by molar-refractivity contribution is -0.131. The molecule has 1 unspecified atom stereocenters. The van der Waals surface area contributed by atoms with Gasteiger partial charge in [-0.05, 0) is 19.1 Å². The summed E-state index contributed by atoms with van der Waals surface area (Å²) in [5.41, 5.74) is -0.965. The monoisotopic (exact) mass is 288 g/mol. The molecule has 0 aliphatic carbocycles. The van der Waals surface area contributed by atoms with Crippen LogP contribution in [0, 0.1) is 0 Å². The minimum atomic E-state index is -0.965. The molecule has 1 N–H and O–H groups in total. The second kappa shape index (κ2) is 5.04. The van der Waals surface area contributed by atoms with Gasteiger partial charge in [-0.3, -0.25) is 19.1 Å². The van der Waals surface area contributed by atoms with E-state index in [4.69, 9.17) is 0 Å². The van der Waals surface area contributed by atoms with Gasteiger partial charge in [0.05, 0.1) is 19.6 Å². The van der Waals surface area contributed by atoms with Crippen LogP contribution in [0.4, 0.5) is 4.79 Å². The van der Waals surface area contributed by atoms with Crippen molar-refractivity contribution in [2.24, 2.45) is 0 Å². The van der Waals surface area contributed by atoms with E-state index < -0.39 is 5.54 Å². The van der Waals surface area contributed by atoms with E-state index in [0.29, 0.717) is 19.6 Å². The fraction of sp³-hybridized carbons (Fsp3) is 0.385. The molecule has 0 bridgehead atoms. The SMILES string of the molecule is CC1(Cn2cccn2)NC(=O)N(CCn2cccn2)C1=O. The summed E-state index contributed by atoms with van der Waals surface area (Å²) < 4.78 is 3.32. The van der Waals surface area contributed by atoms with Gasteiger partial charge in [0.1, 0.15) is 5.54 Å². The quantitative estimate of drug-likeness (QED) is 0.790. The molecular formula is C13H16N6O2. The highest BCUT2D eigenvalue weighted by Gasteiger charge is 2.47. The summed E-state index contributed by atoms with van der Waals surface area (Å²) in [4.78, 5) is 25.7. The minimum Gasteiger partial charge on any atom is -0.322 e. The van der Waals surface area contributed by atoms with Crippen LogP contribution in [0.2, 0.25) is 0 Å². The Bertz CT molecular complexity index is 636. The summed E-state index contributed by atoms with van der Waals surface area (Å²) in [6, 6.07) is 3.20. The predicted octanol–water partition coefficient (Wildman–Crippen LogP) is 0.0903. The maximum absolute atomic E-state index is 12.5. The number of urea groups is 1. The molecule has 2 aromatic heterocycles. The normalized spacial score (nSPS) is 21.9. The Kier molecular flexibility index (Phi) is 3.20. The fourth-order valence-corrected chi connectivity index (χ4v) is 2.41. The summed E-state index contributed by atoms with van der Waals surface area (Å²) in [6.45, 7) is 2.79. The minimum absolute atomic E-state index is 0.241. The third kappa shape index (κ3) is 2.51. The number of hydrogen-bond acceptors (Lipinski definition) is 4. The van der Waals surface area contributed by atoms with E-state index in [1.54, 1.807) is 53.2 Å². The molecule has 1 aliphatic heterocycles. The van der Waals surface area contributed by atoms with Crippen LogP contribution in [-0.2, 0) is 17.9 Å². The summed E-state index contributed by atoms with van der Waals surface area (Å²) in [5, 5.41) is 10.9. The second-order valence-corrected chi connectivity index (χ2v) is 5.19. The Morgan fingerprint density at radius 2 is 1.76 bits per heavy atom. The molecule has 0 saturated carbocycles. The van der Waals surface area contributed by atoms with E-state index >= 15 is 0 Å². The van der Waals surface area contributed by atoms with Gasteiger partial charge in [-0.2, -0.15) is 10.2 Å². The first kappa shape index (κ1) is 13.3. The second-order valence-electron chi connectivity index (χ2n) is 5.19. The van der Waals surface area contributed by atoms with E-state index in [0.717, 1.165) is 0 Å². The van der Waals surface area contributed by atoms with Crippen molar-refractivity contribution in [1.29, 1.82) is 0 Å². The molecule has 1 atom stereocenters. The van der Waals surface area contributed by atoms with Crippen molar-refractivity contribution in [1.82, 2.24) is 29.8 Å². The van der Waals surface area contributed by atoms with Gasteiger partial charge in [-0.1, -0.05) is 0 Å². The number of imide groups is 1. The number of aromatic nitrogens is 4. The van der Waals surface area contributed by atoms with Crippen LogP contribution in [0.3, 0.4) is 0 Å². The smallest absolute Gasteiger partial charge is 0.322 e. The Balaban J connectivity index is 1.69. The first-order valence-electron chi connectivity index (χ1n) is 6.67. The van der Waals surface area contributed by atoms with Crippen LogP contribution in [0.1, 0.15) is 6.92 Å². The molecule has 0 radical (unpaired) electrons. The molecule has 1 fully saturated rings. The highest BCUT2D eigenvalue weighted by atomic mass is 16.2. The van der Waals surface area contributed by atoms with E-state index in [1.807, 2.05) is 0 Å². The molecule has 8 heteroatoms. The molecular weight excluding hydrogens is 272 g/mol. The zero-order valence-electron chi connectivity index (χ0n) is 11.6. The maximum atomic E-state index is 12.5. The van der Waals surface area contributed by atoms with Gasteiger partial charge in [0.2, 0.25) is 0 Å². The van der Waals surface area contributed by atoms with Crippen molar-refractivity contribution in [3.8, 4) is 0 Å². The topological polar surface area (TPSA) is 85.1 Å². The van der Waals surface area contributed by atoms with Crippen LogP contribution in [-0.4, -0.2) is 48.5 Å². The molecule has 0 aromatic carbocycles. The third-order valence-electron chi connectivity index (χ3n) is 3.49. The Hall–Kier alpha value is -2.64. The Morgan fingerprint density at radius 3 is 2.38 bits per heavy atom. The summed E-state index contributed by atoms with van der Waals surface area (Å²) in [6.07, 6.45) is 6.85. The van der Waals surface area contributed by atoms with Crippen molar-refractivity contribution in [3.05, 3.63) is 36.9 Å². The molecule has 3 amide bonds. The molecule has 8 nitrogen and oxygen atoms in total. The van der Waals surface area contributed by atoms with Gasteiger partial charge in [0, 0.05) is 24.8 Å². The van der Waals surface area contributed by atoms with Crippen LogP contribution >= 0.6 is 0 Å². The van der Waals surface area contributed by atoms with E-state index in [9.17, 15) is 9.59 Å². The highest BCUT2D eigenvalue weighted by Crippen LogP contribution is 2.19. The van der Waals surface area contributed by atoms with Crippen LogP contribution in [0.25, 0.3) is 0 Å². The van der Waals surface area contributed by atoms with E-state index in [-0.39, 0.29) is 11.9 Å². The van der Waals surface area contributed by atoms with Gasteiger partial charge >= 0.3 is 6.03 Å².